The smallest absolute Gasteiger partial charge is 0.0530 e. The molecule has 1 aromatic rings. The van der Waals surface area contributed by atoms with Crippen LogP contribution in [0.15, 0.2) is 12.4 Å². The van der Waals surface area contributed by atoms with Gasteiger partial charge in [-0.1, -0.05) is 0 Å². The van der Waals surface area contributed by atoms with E-state index in [1.165, 1.54) is 5.56 Å². The lowest BCUT2D eigenvalue weighted by molar-refractivity contribution is 1.09. The Morgan fingerprint density at radius 3 is 3.00 bits per heavy atom. The van der Waals surface area contributed by atoms with Crippen molar-refractivity contribution in [2.45, 2.75) is 12.2 Å². The fourth-order valence-corrected chi connectivity index (χ4v) is 1.02. The van der Waals surface area contributed by atoms with Gasteiger partial charge in [0.1, 0.15) is 0 Å². The molecule has 0 radical (unpaired) electrons. The zero-order valence-corrected chi connectivity index (χ0v) is 6.40. The molecule has 0 saturated carbocycles. The molecular formula is C6H10N2S. The van der Waals surface area contributed by atoms with Crippen molar-refractivity contribution in [3.05, 3.63) is 18.0 Å². The van der Waals surface area contributed by atoms with Crippen LogP contribution < -0.4 is 0 Å². The van der Waals surface area contributed by atoms with Gasteiger partial charge >= 0.3 is 0 Å². The third kappa shape index (κ3) is 1.48. The van der Waals surface area contributed by atoms with Crippen molar-refractivity contribution in [1.82, 2.24) is 10.2 Å². The van der Waals surface area contributed by atoms with E-state index in [1.54, 1.807) is 0 Å². The van der Waals surface area contributed by atoms with Gasteiger partial charge in [-0.3, -0.25) is 5.10 Å². The van der Waals surface area contributed by atoms with Crippen LogP contribution >= 0.6 is 11.8 Å². The van der Waals surface area contributed by atoms with Crippen LogP contribution in [0.4, 0.5) is 0 Å². The zero-order valence-electron chi connectivity index (χ0n) is 5.59. The van der Waals surface area contributed by atoms with E-state index in [0.717, 1.165) is 0 Å². The average Bonchev–Trinajstić information content (AvgIpc) is 2.37. The van der Waals surface area contributed by atoms with Gasteiger partial charge in [-0.25, -0.2) is 0 Å². The normalized spacial score (nSPS) is 13.6. The molecule has 0 saturated heterocycles. The van der Waals surface area contributed by atoms with Gasteiger partial charge in [0.2, 0.25) is 0 Å². The van der Waals surface area contributed by atoms with Crippen molar-refractivity contribution in [2.24, 2.45) is 0 Å². The lowest BCUT2D eigenvalue weighted by atomic mass is 10.3. The molecule has 1 aromatic heterocycles. The SMILES string of the molecule is CSC(C)c1cn[nH]c1. The van der Waals surface area contributed by atoms with E-state index in [0.29, 0.717) is 5.25 Å². The molecule has 0 aromatic carbocycles. The largest absolute Gasteiger partial charge is 0.285 e. The fraction of sp³-hybridized carbons (Fsp3) is 0.500. The van der Waals surface area contributed by atoms with E-state index in [9.17, 15) is 0 Å². The van der Waals surface area contributed by atoms with Crippen molar-refractivity contribution in [2.75, 3.05) is 6.26 Å². The number of rotatable bonds is 2. The predicted octanol–water partition coefficient (Wildman–Crippen LogP) is 1.83. The summed E-state index contributed by atoms with van der Waals surface area (Å²) in [5.41, 5.74) is 1.27. The summed E-state index contributed by atoms with van der Waals surface area (Å²) in [6, 6.07) is 0. The first-order chi connectivity index (χ1) is 4.34. The Hall–Kier alpha value is -0.440. The van der Waals surface area contributed by atoms with Crippen LogP contribution in [-0.2, 0) is 0 Å². The maximum Gasteiger partial charge on any atom is 0.0530 e. The third-order valence-corrected chi connectivity index (χ3v) is 2.32. The molecule has 1 rings (SSSR count). The molecule has 1 N–H and O–H groups in total. The molecule has 0 aliphatic heterocycles. The number of nitrogens with zero attached hydrogens (tertiary/aromatic N) is 1. The second-order valence-corrected chi connectivity index (χ2v) is 3.09. The van der Waals surface area contributed by atoms with Crippen LogP contribution in [0.3, 0.4) is 0 Å². The third-order valence-electron chi connectivity index (χ3n) is 1.34. The molecule has 2 nitrogen and oxygen atoms in total. The molecule has 0 spiro atoms. The second kappa shape index (κ2) is 2.92. The topological polar surface area (TPSA) is 28.7 Å². The van der Waals surface area contributed by atoms with Crippen LogP contribution in [0, 0.1) is 0 Å². The van der Waals surface area contributed by atoms with Gasteiger partial charge in [0.05, 0.1) is 6.20 Å². The summed E-state index contributed by atoms with van der Waals surface area (Å²) in [5.74, 6) is 0. The Bertz CT molecular complexity index is 160. The molecule has 0 fully saturated rings. The first-order valence-electron chi connectivity index (χ1n) is 2.86. The van der Waals surface area contributed by atoms with Crippen molar-refractivity contribution in [1.29, 1.82) is 0 Å². The molecule has 1 unspecified atom stereocenters. The van der Waals surface area contributed by atoms with Gasteiger partial charge in [-0.05, 0) is 13.2 Å². The van der Waals surface area contributed by atoms with E-state index in [-0.39, 0.29) is 0 Å². The van der Waals surface area contributed by atoms with E-state index in [1.807, 2.05) is 24.2 Å². The quantitative estimate of drug-likeness (QED) is 0.682. The minimum absolute atomic E-state index is 0.559. The van der Waals surface area contributed by atoms with E-state index < -0.39 is 0 Å². The van der Waals surface area contributed by atoms with Gasteiger partial charge in [0.25, 0.3) is 0 Å². The summed E-state index contributed by atoms with van der Waals surface area (Å²) in [6.07, 6.45) is 5.89. The Balaban J connectivity index is 2.65. The Labute approximate surface area is 59.0 Å². The number of H-pyrrole nitrogens is 1. The highest BCUT2D eigenvalue weighted by molar-refractivity contribution is 7.98. The summed E-state index contributed by atoms with van der Waals surface area (Å²) in [7, 11) is 0. The molecule has 50 valence electrons. The highest BCUT2D eigenvalue weighted by Crippen LogP contribution is 2.23. The summed E-state index contributed by atoms with van der Waals surface area (Å²) in [4.78, 5) is 0. The summed E-state index contributed by atoms with van der Waals surface area (Å²) in [6.45, 7) is 2.16. The Morgan fingerprint density at radius 2 is 2.56 bits per heavy atom. The molecule has 0 aliphatic rings. The monoisotopic (exact) mass is 142 g/mol. The van der Waals surface area contributed by atoms with Crippen LogP contribution in [0.5, 0.6) is 0 Å². The predicted molar refractivity (Wildman–Crippen MR) is 40.5 cm³/mol. The Morgan fingerprint density at radius 1 is 1.78 bits per heavy atom. The Kier molecular flexibility index (Phi) is 2.16. The number of hydrogen-bond acceptors (Lipinski definition) is 2. The van der Waals surface area contributed by atoms with Crippen molar-refractivity contribution in [3.8, 4) is 0 Å². The van der Waals surface area contributed by atoms with Crippen LogP contribution in [-0.4, -0.2) is 16.5 Å². The van der Waals surface area contributed by atoms with E-state index >= 15 is 0 Å². The van der Waals surface area contributed by atoms with Crippen LogP contribution in [0.2, 0.25) is 0 Å². The van der Waals surface area contributed by atoms with Crippen LogP contribution in [0.1, 0.15) is 17.7 Å². The van der Waals surface area contributed by atoms with Gasteiger partial charge in [-0.2, -0.15) is 16.9 Å². The minimum atomic E-state index is 0.559. The number of hydrogen-bond donors (Lipinski definition) is 1. The summed E-state index contributed by atoms with van der Waals surface area (Å²) >= 11 is 1.82. The average molecular weight is 142 g/mol. The van der Waals surface area contributed by atoms with Gasteiger partial charge in [0, 0.05) is 17.0 Å². The standard InChI is InChI=1S/C6H10N2S/c1-5(9-2)6-3-7-8-4-6/h3-5H,1-2H3,(H,7,8). The maximum absolute atomic E-state index is 3.85. The molecule has 0 aliphatic carbocycles. The van der Waals surface area contributed by atoms with Gasteiger partial charge in [0.15, 0.2) is 0 Å². The number of aromatic nitrogens is 2. The number of thioether (sulfide) groups is 1. The number of aromatic amines is 1. The lowest BCUT2D eigenvalue weighted by Crippen LogP contribution is -1.81. The molecule has 1 atom stereocenters. The molecule has 3 heteroatoms. The first-order valence-corrected chi connectivity index (χ1v) is 4.15. The maximum atomic E-state index is 3.85. The molecule has 1 heterocycles. The fourth-order valence-electron chi connectivity index (χ4n) is 0.619. The van der Waals surface area contributed by atoms with E-state index in [4.69, 9.17) is 0 Å². The van der Waals surface area contributed by atoms with Crippen LogP contribution in [0.25, 0.3) is 0 Å². The lowest BCUT2D eigenvalue weighted by Gasteiger charge is -2.01. The minimum Gasteiger partial charge on any atom is -0.285 e. The second-order valence-electron chi connectivity index (χ2n) is 1.91. The summed E-state index contributed by atoms with van der Waals surface area (Å²) < 4.78 is 0. The molecule has 0 bridgehead atoms. The highest BCUT2D eigenvalue weighted by Gasteiger charge is 2.01. The summed E-state index contributed by atoms with van der Waals surface area (Å²) in [5, 5.41) is 7.19. The number of nitrogens with one attached hydrogen (secondary N) is 1. The molecule has 0 amide bonds. The van der Waals surface area contributed by atoms with Gasteiger partial charge < -0.3 is 0 Å². The van der Waals surface area contributed by atoms with Gasteiger partial charge in [-0.15, -0.1) is 0 Å². The van der Waals surface area contributed by atoms with Crippen molar-refractivity contribution < 1.29 is 0 Å². The highest BCUT2D eigenvalue weighted by atomic mass is 32.2. The first kappa shape index (κ1) is 6.68. The molecular weight excluding hydrogens is 132 g/mol. The van der Waals surface area contributed by atoms with E-state index in [2.05, 4.69) is 23.4 Å². The zero-order chi connectivity index (χ0) is 6.69. The van der Waals surface area contributed by atoms with Crippen molar-refractivity contribution in [3.63, 3.8) is 0 Å². The van der Waals surface area contributed by atoms with Crippen molar-refractivity contribution >= 4 is 11.8 Å². The molecule has 9 heavy (non-hydrogen) atoms.